The first-order chi connectivity index (χ1) is 49.7. The van der Waals surface area contributed by atoms with Crippen LogP contribution in [-0.2, 0) is 86.5 Å². The fourth-order valence-electron chi connectivity index (χ4n) is 12.6. The molecule has 0 radical (unpaired) electrons. The number of primary amides is 1. The Balaban J connectivity index is 1.29. The first-order valence-electron chi connectivity index (χ1n) is 36.8. The van der Waals surface area contributed by atoms with E-state index in [2.05, 4.69) is 63.0 Å². The number of methoxy groups -OCH3 is 2. The molecule has 2 heterocycles. The fraction of sp³-hybridized carbons (Fsp3) is 0.693. The molecule has 0 saturated carbocycles. The van der Waals surface area contributed by atoms with E-state index in [9.17, 15) is 48.3 Å². The van der Waals surface area contributed by atoms with Crippen molar-refractivity contribution in [3.05, 3.63) is 77.6 Å². The van der Waals surface area contributed by atoms with Crippen molar-refractivity contribution in [1.82, 2.24) is 56.3 Å². The number of carbonyl (C=O) groups excluding carboxylic acids is 9. The maximum atomic E-state index is 14.8. The van der Waals surface area contributed by atoms with Gasteiger partial charge in [0, 0.05) is 60.1 Å². The first-order valence-corrected chi connectivity index (χ1v) is 36.8. The van der Waals surface area contributed by atoms with E-state index in [0.29, 0.717) is 75.7 Å². The lowest BCUT2D eigenvalue weighted by molar-refractivity contribution is -0.148. The van der Waals surface area contributed by atoms with Crippen LogP contribution in [0.25, 0.3) is 0 Å². The summed E-state index contributed by atoms with van der Waals surface area (Å²) in [7, 11) is 6.09. The van der Waals surface area contributed by atoms with E-state index in [-0.39, 0.29) is 87.7 Å². The second-order valence-electron chi connectivity index (χ2n) is 29.4. The lowest BCUT2D eigenvalue weighted by Crippen LogP contribution is -2.60. The molecule has 0 spiro atoms. The van der Waals surface area contributed by atoms with Gasteiger partial charge in [-0.05, 0) is 85.0 Å². The average molecular weight is 1480 g/mol. The Hall–Kier alpha value is -7.87. The van der Waals surface area contributed by atoms with Crippen molar-refractivity contribution < 1.29 is 81.4 Å². The van der Waals surface area contributed by atoms with Gasteiger partial charge in [-0.1, -0.05) is 137 Å². The van der Waals surface area contributed by atoms with Gasteiger partial charge in [-0.25, -0.2) is 9.59 Å². The van der Waals surface area contributed by atoms with Gasteiger partial charge in [0.05, 0.1) is 108 Å². The van der Waals surface area contributed by atoms with Gasteiger partial charge >= 0.3 is 12.1 Å². The molecule has 0 bridgehead atoms. The molecule has 30 nitrogen and oxygen atoms in total. The van der Waals surface area contributed by atoms with Crippen molar-refractivity contribution in [3.8, 4) is 0 Å². The van der Waals surface area contributed by atoms with Crippen LogP contribution in [0, 0.1) is 35.0 Å². The quantitative estimate of drug-likeness (QED) is 0.0306. The summed E-state index contributed by atoms with van der Waals surface area (Å²) in [6.45, 7) is 27.9. The number of likely N-dealkylation sites (tertiary alicyclic amines) is 1. The molecule has 1 aliphatic heterocycles. The van der Waals surface area contributed by atoms with Crippen LogP contribution < -0.4 is 37.6 Å². The van der Waals surface area contributed by atoms with Crippen molar-refractivity contribution in [1.29, 1.82) is 0 Å². The van der Waals surface area contributed by atoms with Crippen LogP contribution in [0.5, 0.6) is 0 Å². The molecule has 4 rings (SSSR count). The standard InChI is InChI=1S/C75H123N13O17/c1-18-50(8)65(59(99-16)42-61(90)88-34-23-27-58(88)67(100-17)51(9)68(92)78-52(10)66(91)54-24-20-19-21-25-54)85(14)72(96)63(48(4)5)82-71(95)64(49(6)7)86(15)74(98)105-44-53-28-30-55(31-29-53)79-69(93)57(26-22-33-77-73(76)97)80-70(94)62(47(2)3)81-60(89)32-35-101-36-37-102-38-39-103-40-41-104-45-56-43-87(84-83-56)46-75(11,12)13/h19-21,24-25,28-31,43,47-52,57-59,62-67,91H,18,22-23,26-27,32-42,44-46H2,1-17H3,(H,78,92)(H,79,93)(H,80,94)(H,81,89)(H,82,95)(H3,76,77,97)/t50-,51+,52+,57-,58-,59+,62?,63-,64?,65?,66+,67+/m0/s1. The third-order valence-electron chi connectivity index (χ3n) is 18.6. The molecule has 1 saturated heterocycles. The van der Waals surface area contributed by atoms with E-state index in [1.807, 2.05) is 38.2 Å². The normalized spacial score (nSPS) is 16.4. The molecule has 30 heteroatoms. The number of hydrogen-bond acceptors (Lipinski definition) is 19. The number of aliphatic hydroxyl groups is 1. The fourth-order valence-corrected chi connectivity index (χ4v) is 12.6. The van der Waals surface area contributed by atoms with E-state index in [1.54, 1.807) is 113 Å². The lowest BCUT2D eigenvalue weighted by Gasteiger charge is -2.41. The summed E-state index contributed by atoms with van der Waals surface area (Å²) in [6, 6.07) is 8.78. The Morgan fingerprint density at radius 2 is 1.32 bits per heavy atom. The predicted molar refractivity (Wildman–Crippen MR) is 395 cm³/mol. The number of anilines is 1. The zero-order valence-corrected chi connectivity index (χ0v) is 65.1. The highest BCUT2D eigenvalue weighted by molar-refractivity contribution is 5.98. The summed E-state index contributed by atoms with van der Waals surface area (Å²) in [5.74, 6) is -5.31. The number of nitrogens with two attached hydrogens (primary N) is 1. The van der Waals surface area contributed by atoms with Gasteiger partial charge in [0.25, 0.3) is 0 Å². The van der Waals surface area contributed by atoms with Crippen LogP contribution >= 0.6 is 0 Å². The topological polar surface area (TPSA) is 377 Å². The van der Waals surface area contributed by atoms with Gasteiger partial charge in [-0.2, -0.15) is 0 Å². The van der Waals surface area contributed by atoms with Gasteiger partial charge in [-0.15, -0.1) is 5.10 Å². The molecule has 3 unspecified atom stereocenters. The third-order valence-corrected chi connectivity index (χ3v) is 18.6. The lowest BCUT2D eigenvalue weighted by atomic mass is 9.89. The maximum absolute atomic E-state index is 14.8. The number of amides is 10. The zero-order valence-electron chi connectivity index (χ0n) is 65.1. The van der Waals surface area contributed by atoms with Crippen LogP contribution in [0.4, 0.5) is 15.3 Å². The van der Waals surface area contributed by atoms with Crippen LogP contribution in [0.15, 0.2) is 60.8 Å². The van der Waals surface area contributed by atoms with E-state index >= 15 is 0 Å². The minimum absolute atomic E-state index is 0.0432. The van der Waals surface area contributed by atoms with Gasteiger partial charge in [0.1, 0.15) is 36.5 Å². The van der Waals surface area contributed by atoms with Gasteiger partial charge < -0.3 is 85.7 Å². The number of aliphatic hydroxyl groups excluding tert-OH is 1. The largest absolute Gasteiger partial charge is 0.445 e. The van der Waals surface area contributed by atoms with Crippen LogP contribution in [-0.4, -0.2) is 230 Å². The van der Waals surface area contributed by atoms with Crippen molar-refractivity contribution in [2.45, 2.75) is 215 Å². The number of rotatable bonds is 47. The molecule has 9 N–H and O–H groups in total. The minimum Gasteiger partial charge on any atom is -0.445 e. The molecule has 105 heavy (non-hydrogen) atoms. The van der Waals surface area contributed by atoms with Crippen LogP contribution in [0.1, 0.15) is 158 Å². The van der Waals surface area contributed by atoms with Gasteiger partial charge in [0.15, 0.2) is 0 Å². The molecule has 1 aliphatic rings. The summed E-state index contributed by atoms with van der Waals surface area (Å²) >= 11 is 0. The van der Waals surface area contributed by atoms with Crippen molar-refractivity contribution >= 4 is 59.2 Å². The minimum atomic E-state index is -1.11. The second kappa shape index (κ2) is 45.6. The van der Waals surface area contributed by atoms with E-state index in [0.717, 1.165) is 12.2 Å². The van der Waals surface area contributed by atoms with Gasteiger partial charge in [0.2, 0.25) is 41.4 Å². The van der Waals surface area contributed by atoms with Gasteiger partial charge in [-0.3, -0.25) is 43.1 Å². The molecule has 0 aliphatic carbocycles. The van der Waals surface area contributed by atoms with Crippen molar-refractivity contribution in [3.63, 3.8) is 0 Å². The number of likely N-dealkylation sites (N-methyl/N-ethyl adjacent to an activating group) is 2. The molecule has 590 valence electrons. The highest BCUT2D eigenvalue weighted by Gasteiger charge is 2.44. The number of nitrogens with one attached hydrogen (secondary N) is 6. The Labute approximate surface area is 621 Å². The molecule has 2 aromatic carbocycles. The number of hydrogen-bond donors (Lipinski definition) is 8. The SMILES string of the molecule is CC[C@H](C)C([C@@H](CC(=O)N1CCC[C@H]1[C@H](OC)[C@@H](C)C(=O)N[C@H](C)[C@@H](O)c1ccccc1)OC)N(C)C(=O)[C@@H](NC(=O)C(C(C)C)N(C)C(=O)OCc1ccc(NC(=O)[C@H](CCCNC(N)=O)NC(=O)C(NC(=O)CCOCCOCCOCCOCc2cn(CC(C)(C)C)nn2)C(C)C)cc1)C(C)C. The second-order valence-corrected chi connectivity index (χ2v) is 29.4. The summed E-state index contributed by atoms with van der Waals surface area (Å²) in [5, 5.41) is 36.0. The number of ether oxygens (including phenoxy) is 7. The van der Waals surface area contributed by atoms with Crippen LogP contribution in [0.2, 0.25) is 0 Å². The summed E-state index contributed by atoms with van der Waals surface area (Å²) in [4.78, 5) is 128. The molecule has 12 atom stereocenters. The van der Waals surface area contributed by atoms with Crippen molar-refractivity contribution in [2.24, 2.45) is 40.7 Å². The third kappa shape index (κ3) is 30.1. The Kier molecular flexibility index (Phi) is 38.9. The molecule has 10 amide bonds. The highest BCUT2D eigenvalue weighted by atomic mass is 16.6. The molecule has 1 aromatic heterocycles. The highest BCUT2D eigenvalue weighted by Crippen LogP contribution is 2.31. The molecule has 1 fully saturated rings. The number of carbonyl (C=O) groups is 9. The number of aromatic nitrogens is 3. The van der Waals surface area contributed by atoms with Crippen LogP contribution in [0.3, 0.4) is 0 Å². The number of benzene rings is 2. The Bertz CT molecular complexity index is 3150. The number of nitrogens with zero attached hydrogens (tertiary/aromatic N) is 6. The monoisotopic (exact) mass is 1480 g/mol. The van der Waals surface area contributed by atoms with E-state index in [1.165, 1.54) is 26.2 Å². The average Bonchev–Trinajstić information content (AvgIpc) is 1.79. The molecular formula is C75H123N13O17. The predicted octanol–water partition coefficient (Wildman–Crippen LogP) is 5.89. The maximum Gasteiger partial charge on any atom is 0.410 e. The zero-order chi connectivity index (χ0) is 78.1. The first kappa shape index (κ1) is 89.5. The summed E-state index contributed by atoms with van der Waals surface area (Å²) in [6.07, 6.45) is 0.766. The smallest absolute Gasteiger partial charge is 0.410 e. The Morgan fingerprint density at radius 3 is 1.90 bits per heavy atom. The number of urea groups is 1. The Morgan fingerprint density at radius 1 is 0.705 bits per heavy atom. The van der Waals surface area contributed by atoms with Crippen molar-refractivity contribution in [2.75, 3.05) is 93.0 Å². The summed E-state index contributed by atoms with van der Waals surface area (Å²) in [5.41, 5.74) is 7.65. The molecule has 3 aromatic rings. The molecular weight excluding hydrogens is 1350 g/mol. The van der Waals surface area contributed by atoms with E-state index in [4.69, 9.17) is 38.9 Å². The summed E-state index contributed by atoms with van der Waals surface area (Å²) < 4.78 is 42.0. The van der Waals surface area contributed by atoms with E-state index < -0.39 is 120 Å².